The van der Waals surface area contributed by atoms with E-state index in [1.165, 1.54) is 25.7 Å². The molecule has 1 amide bonds. The summed E-state index contributed by atoms with van der Waals surface area (Å²) in [6, 6.07) is 16.6. The maximum absolute atomic E-state index is 13.3. The van der Waals surface area contributed by atoms with Crippen LogP contribution in [0.1, 0.15) is 70.6 Å². The van der Waals surface area contributed by atoms with E-state index >= 15 is 0 Å². The number of Topliss-reactive ketones (excluding diaryl/α,β-unsaturated/α-hetero) is 1. The van der Waals surface area contributed by atoms with Crippen molar-refractivity contribution < 1.29 is 9.59 Å². The van der Waals surface area contributed by atoms with Gasteiger partial charge in [0.2, 0.25) is 5.91 Å². The Morgan fingerprint density at radius 1 is 0.816 bits per heavy atom. The highest BCUT2D eigenvalue weighted by Crippen LogP contribution is 2.60. The largest absolute Gasteiger partial charge is 0.378 e. The normalized spacial score (nSPS) is 28.5. The highest BCUT2D eigenvalue weighted by atomic mass is 16.2. The summed E-state index contributed by atoms with van der Waals surface area (Å²) in [5.74, 6) is 3.12. The van der Waals surface area contributed by atoms with E-state index in [0.717, 1.165) is 96.2 Å². The maximum Gasteiger partial charge on any atom is 0.227 e. The first-order valence-electron chi connectivity index (χ1n) is 14.8. The second-order valence-corrected chi connectivity index (χ2v) is 12.9. The molecule has 5 aliphatic carbocycles. The third kappa shape index (κ3) is 4.54. The van der Waals surface area contributed by atoms with E-state index in [4.69, 9.17) is 0 Å². The summed E-state index contributed by atoms with van der Waals surface area (Å²) in [5, 5.41) is 7.68. The van der Waals surface area contributed by atoms with Gasteiger partial charge in [0.1, 0.15) is 0 Å². The number of hydrogen-bond acceptors (Lipinski definition) is 3. The molecule has 5 heteroatoms. The van der Waals surface area contributed by atoms with Crippen molar-refractivity contribution in [3.05, 3.63) is 48.5 Å². The number of ketones is 1. The lowest BCUT2D eigenvalue weighted by Gasteiger charge is -2.56. The number of carbonyl (C=O) groups excluding carboxylic acids is 2. The number of benzene rings is 2. The Balaban J connectivity index is 0.992. The van der Waals surface area contributed by atoms with Crippen LogP contribution < -0.4 is 10.6 Å². The first-order chi connectivity index (χ1) is 18.5. The van der Waals surface area contributed by atoms with E-state index in [2.05, 4.69) is 52.0 Å². The first-order valence-corrected chi connectivity index (χ1v) is 14.8. The quantitative estimate of drug-likeness (QED) is 0.308. The van der Waals surface area contributed by atoms with Gasteiger partial charge in [-0.25, -0.2) is 0 Å². The Morgan fingerprint density at radius 2 is 1.47 bits per heavy atom. The molecule has 0 aliphatic heterocycles. The van der Waals surface area contributed by atoms with Crippen molar-refractivity contribution in [3.8, 4) is 11.3 Å². The number of anilines is 2. The van der Waals surface area contributed by atoms with Crippen molar-refractivity contribution in [2.24, 2.45) is 29.1 Å². The van der Waals surface area contributed by atoms with Crippen LogP contribution in [0.3, 0.4) is 0 Å². The molecular formula is C33H39N3O2. The van der Waals surface area contributed by atoms with Crippen LogP contribution in [0.25, 0.3) is 22.2 Å². The molecule has 5 saturated carbocycles. The average Bonchev–Trinajstić information content (AvgIpc) is 3.35. The third-order valence-electron chi connectivity index (χ3n) is 10.1. The predicted molar refractivity (Wildman–Crippen MR) is 153 cm³/mol. The van der Waals surface area contributed by atoms with Crippen molar-refractivity contribution >= 4 is 34.0 Å². The molecule has 2 aromatic carbocycles. The number of nitrogens with one attached hydrogen (secondary N) is 3. The Bertz CT molecular complexity index is 1310. The molecule has 5 nitrogen and oxygen atoms in total. The molecule has 38 heavy (non-hydrogen) atoms. The lowest BCUT2D eigenvalue weighted by Crippen LogP contribution is -2.51. The molecular weight excluding hydrogens is 470 g/mol. The highest BCUT2D eigenvalue weighted by Gasteiger charge is 2.54. The van der Waals surface area contributed by atoms with Gasteiger partial charge >= 0.3 is 0 Å². The van der Waals surface area contributed by atoms with Gasteiger partial charge in [0.15, 0.2) is 5.78 Å². The minimum Gasteiger partial charge on any atom is -0.378 e. The van der Waals surface area contributed by atoms with Gasteiger partial charge in [0.25, 0.3) is 0 Å². The van der Waals surface area contributed by atoms with Gasteiger partial charge in [0.05, 0.1) is 6.54 Å². The minimum atomic E-state index is -0.0409. The Labute approximate surface area is 225 Å². The summed E-state index contributed by atoms with van der Waals surface area (Å²) < 4.78 is 0. The molecule has 8 rings (SSSR count). The molecule has 1 heterocycles. The van der Waals surface area contributed by atoms with Crippen molar-refractivity contribution in [1.29, 1.82) is 0 Å². The topological polar surface area (TPSA) is 74.0 Å². The fraction of sp³-hybridized carbons (Fsp3) is 0.515. The van der Waals surface area contributed by atoms with Gasteiger partial charge in [-0.15, -0.1) is 0 Å². The molecule has 0 saturated heterocycles. The number of carbonyl (C=O) groups is 2. The second-order valence-electron chi connectivity index (χ2n) is 12.9. The molecule has 0 radical (unpaired) electrons. The van der Waals surface area contributed by atoms with Crippen LogP contribution in [0.4, 0.5) is 11.4 Å². The van der Waals surface area contributed by atoms with Crippen molar-refractivity contribution in [1.82, 2.24) is 4.98 Å². The number of aromatic nitrogens is 1. The summed E-state index contributed by atoms with van der Waals surface area (Å²) >= 11 is 0. The Kier molecular flexibility index (Phi) is 6.05. The van der Waals surface area contributed by atoms with Crippen LogP contribution in [0.5, 0.6) is 0 Å². The molecule has 3 N–H and O–H groups in total. The maximum atomic E-state index is 13.3. The van der Waals surface area contributed by atoms with Gasteiger partial charge in [-0.05, 0) is 105 Å². The number of fused-ring (bicyclic) bond motifs is 1. The monoisotopic (exact) mass is 509 g/mol. The van der Waals surface area contributed by atoms with Crippen molar-refractivity contribution in [2.45, 2.75) is 70.6 Å². The summed E-state index contributed by atoms with van der Waals surface area (Å²) in [6.07, 6.45) is 13.1. The minimum absolute atomic E-state index is 0.0409. The second kappa shape index (κ2) is 9.59. The number of aromatic amines is 1. The number of rotatable bonds is 7. The zero-order chi connectivity index (χ0) is 25.7. The standard InChI is InChI=1S/C33H39N3O2/c37-31(33-17-21-12-22(18-33)14-23(13-21)19-33)20-34-27-9-6-24(7-10-27)29-15-26-8-11-28(16-30(26)36-29)35-32(38)25-4-2-1-3-5-25/h6-11,15-16,21-23,25,34,36H,1-5,12-14,17-20H2,(H,35,38). The number of hydrogen-bond donors (Lipinski definition) is 3. The predicted octanol–water partition coefficient (Wildman–Crippen LogP) is 7.55. The van der Waals surface area contributed by atoms with Crippen molar-refractivity contribution in [2.75, 3.05) is 17.2 Å². The molecule has 1 aromatic heterocycles. The SMILES string of the molecule is O=C(Nc1ccc2cc(-c3ccc(NCC(=O)C45CC6CC(CC(C6)C4)C5)cc3)[nH]c2c1)C1CCCCC1. The van der Waals surface area contributed by atoms with Gasteiger partial charge in [-0.1, -0.05) is 37.5 Å². The Hall–Kier alpha value is -3.08. The molecule has 5 aliphatic rings. The van der Waals surface area contributed by atoms with Crippen LogP contribution in [0, 0.1) is 29.1 Å². The molecule has 4 bridgehead atoms. The smallest absolute Gasteiger partial charge is 0.227 e. The van der Waals surface area contributed by atoms with Crippen LogP contribution in [0.2, 0.25) is 0 Å². The van der Waals surface area contributed by atoms with E-state index in [1.54, 1.807) is 0 Å². The van der Waals surface area contributed by atoms with Gasteiger partial charge in [0, 0.05) is 39.3 Å². The summed E-state index contributed by atoms with van der Waals surface area (Å²) in [4.78, 5) is 29.5. The van der Waals surface area contributed by atoms with Gasteiger partial charge in [-0.2, -0.15) is 0 Å². The molecule has 5 fully saturated rings. The third-order valence-corrected chi connectivity index (χ3v) is 10.1. The first kappa shape index (κ1) is 24.0. The fourth-order valence-electron chi connectivity index (χ4n) is 8.56. The molecule has 0 unspecified atom stereocenters. The Morgan fingerprint density at radius 3 is 2.16 bits per heavy atom. The van der Waals surface area contributed by atoms with E-state index < -0.39 is 0 Å². The zero-order valence-corrected chi connectivity index (χ0v) is 22.2. The summed E-state index contributed by atoms with van der Waals surface area (Å²) in [6.45, 7) is 0.438. The number of amides is 1. The van der Waals surface area contributed by atoms with E-state index in [9.17, 15) is 9.59 Å². The van der Waals surface area contributed by atoms with Gasteiger partial charge < -0.3 is 15.6 Å². The average molecular weight is 510 g/mol. The van der Waals surface area contributed by atoms with Crippen molar-refractivity contribution in [3.63, 3.8) is 0 Å². The lowest BCUT2D eigenvalue weighted by molar-refractivity contribution is -0.141. The zero-order valence-electron chi connectivity index (χ0n) is 22.2. The van der Waals surface area contributed by atoms with Crippen LogP contribution in [0.15, 0.2) is 48.5 Å². The fourth-order valence-corrected chi connectivity index (χ4v) is 8.56. The molecule has 0 spiro atoms. The summed E-state index contributed by atoms with van der Waals surface area (Å²) in [5.41, 5.74) is 4.98. The van der Waals surface area contributed by atoms with E-state index in [0.29, 0.717) is 12.3 Å². The van der Waals surface area contributed by atoms with Crippen LogP contribution in [-0.2, 0) is 9.59 Å². The highest BCUT2D eigenvalue weighted by molar-refractivity contribution is 5.96. The van der Waals surface area contributed by atoms with Crippen LogP contribution in [-0.4, -0.2) is 23.2 Å². The lowest BCUT2D eigenvalue weighted by atomic mass is 9.48. The molecule has 198 valence electrons. The van der Waals surface area contributed by atoms with E-state index in [-0.39, 0.29) is 17.2 Å². The molecule has 0 atom stereocenters. The van der Waals surface area contributed by atoms with Gasteiger partial charge in [-0.3, -0.25) is 9.59 Å². The van der Waals surface area contributed by atoms with E-state index in [1.807, 2.05) is 12.1 Å². The summed E-state index contributed by atoms with van der Waals surface area (Å²) in [7, 11) is 0. The number of H-pyrrole nitrogens is 1. The molecule has 3 aromatic rings. The van der Waals surface area contributed by atoms with Crippen LogP contribution >= 0.6 is 0 Å².